The minimum Gasteiger partial charge on any atom is -0.444 e. The maximum Gasteiger partial charge on any atom is 0.410 e. The van der Waals surface area contributed by atoms with Crippen LogP contribution in [0.3, 0.4) is 0 Å². The number of nitrogens with zero attached hydrogens (tertiary/aromatic N) is 1. The number of likely N-dealkylation sites (tertiary alicyclic amines) is 1. The molecule has 4 nitrogen and oxygen atoms in total. The van der Waals surface area contributed by atoms with Crippen molar-refractivity contribution in [3.05, 3.63) is 0 Å². The van der Waals surface area contributed by atoms with Crippen molar-refractivity contribution in [2.45, 2.75) is 51.4 Å². The summed E-state index contributed by atoms with van der Waals surface area (Å²) < 4.78 is 30.2. The lowest BCUT2D eigenvalue weighted by molar-refractivity contribution is -0.00250. The second kappa shape index (κ2) is 4.53. The molecule has 0 bridgehead atoms. The number of alkyl halides is 2. The number of aliphatic hydroxyl groups excluding tert-OH is 1. The number of β-amino-alcohol motifs (C(OH)–C–C–N with tert-alkyl or cyclic N) is 1. The molecule has 0 saturated carbocycles. The second-order valence-electron chi connectivity index (χ2n) is 4.92. The molecule has 1 heterocycles. The van der Waals surface area contributed by atoms with Crippen molar-refractivity contribution >= 4 is 6.09 Å². The predicted octanol–water partition coefficient (Wildman–Crippen LogP) is 1.62. The molecule has 1 rings (SSSR count). The van der Waals surface area contributed by atoms with Gasteiger partial charge in [-0.3, -0.25) is 4.90 Å². The molecule has 0 aromatic carbocycles. The number of carbonyl (C=O) groups excluding carboxylic acids is 1. The molecule has 1 amide bonds. The first kappa shape index (κ1) is 13.2. The fourth-order valence-electron chi connectivity index (χ4n) is 1.61. The highest BCUT2D eigenvalue weighted by molar-refractivity contribution is 5.69. The van der Waals surface area contributed by atoms with E-state index in [0.717, 1.165) is 4.90 Å². The number of carbonyl (C=O) groups is 1. The summed E-state index contributed by atoms with van der Waals surface area (Å²) in [6.45, 7) is 4.89. The number of halogens is 2. The Bertz CT molecular complexity index is 265. The van der Waals surface area contributed by atoms with E-state index in [1.165, 1.54) is 0 Å². The van der Waals surface area contributed by atoms with E-state index in [2.05, 4.69) is 0 Å². The van der Waals surface area contributed by atoms with Gasteiger partial charge in [0.1, 0.15) is 5.60 Å². The topological polar surface area (TPSA) is 49.8 Å². The van der Waals surface area contributed by atoms with Gasteiger partial charge in [-0.25, -0.2) is 13.6 Å². The molecule has 0 radical (unpaired) electrons. The summed E-state index contributed by atoms with van der Waals surface area (Å²) in [4.78, 5) is 12.5. The van der Waals surface area contributed by atoms with Crippen LogP contribution in [0.1, 0.15) is 27.2 Å². The van der Waals surface area contributed by atoms with Crippen LogP contribution >= 0.6 is 0 Å². The second-order valence-corrected chi connectivity index (χ2v) is 4.92. The molecule has 1 aliphatic rings. The molecule has 16 heavy (non-hydrogen) atoms. The molecule has 1 aliphatic heterocycles. The Morgan fingerprint density at radius 3 is 2.50 bits per heavy atom. The smallest absolute Gasteiger partial charge is 0.410 e. The third-order valence-electron chi connectivity index (χ3n) is 2.24. The number of ether oxygens (including phenoxy) is 1. The standard InChI is InChI=1S/C10H17F2NO3/c1-10(2,3)16-9(15)13-5-6(14)4-7(13)8(11)12/h6-8,14H,4-5H2,1-3H3/t6?,7-/m0/s1. The van der Waals surface area contributed by atoms with Crippen molar-refractivity contribution < 1.29 is 23.4 Å². The van der Waals surface area contributed by atoms with Gasteiger partial charge in [0, 0.05) is 6.42 Å². The van der Waals surface area contributed by atoms with Gasteiger partial charge >= 0.3 is 6.09 Å². The lowest BCUT2D eigenvalue weighted by Gasteiger charge is -2.27. The number of hydrogen-bond acceptors (Lipinski definition) is 3. The van der Waals surface area contributed by atoms with Crippen LogP contribution in [-0.4, -0.2) is 46.8 Å². The Labute approximate surface area is 93.2 Å². The van der Waals surface area contributed by atoms with Crippen molar-refractivity contribution in [3.8, 4) is 0 Å². The van der Waals surface area contributed by atoms with E-state index in [4.69, 9.17) is 4.74 Å². The van der Waals surface area contributed by atoms with E-state index in [1.807, 2.05) is 0 Å². The van der Waals surface area contributed by atoms with Gasteiger partial charge in [0.2, 0.25) is 0 Å². The zero-order valence-corrected chi connectivity index (χ0v) is 9.61. The van der Waals surface area contributed by atoms with Crippen LogP contribution in [0.2, 0.25) is 0 Å². The molecule has 1 N–H and O–H groups in total. The number of amides is 1. The Hall–Kier alpha value is -0.910. The quantitative estimate of drug-likeness (QED) is 0.754. The zero-order valence-electron chi connectivity index (χ0n) is 9.61. The Kier molecular flexibility index (Phi) is 3.72. The van der Waals surface area contributed by atoms with Gasteiger partial charge in [0.25, 0.3) is 6.43 Å². The van der Waals surface area contributed by atoms with E-state index in [9.17, 15) is 18.7 Å². The van der Waals surface area contributed by atoms with Crippen molar-refractivity contribution in [1.29, 1.82) is 0 Å². The van der Waals surface area contributed by atoms with Gasteiger partial charge in [-0.1, -0.05) is 0 Å². The molecule has 1 saturated heterocycles. The minimum atomic E-state index is -2.66. The third kappa shape index (κ3) is 3.30. The summed E-state index contributed by atoms with van der Waals surface area (Å²) in [5.41, 5.74) is -0.725. The van der Waals surface area contributed by atoms with Gasteiger partial charge in [0.15, 0.2) is 0 Å². The van der Waals surface area contributed by atoms with Crippen LogP contribution in [0.4, 0.5) is 13.6 Å². The molecular weight excluding hydrogens is 220 g/mol. The lowest BCUT2D eigenvalue weighted by atomic mass is 10.2. The largest absolute Gasteiger partial charge is 0.444 e. The highest BCUT2D eigenvalue weighted by atomic mass is 19.3. The average molecular weight is 237 g/mol. The summed E-state index contributed by atoms with van der Waals surface area (Å²) in [7, 11) is 0. The Morgan fingerprint density at radius 1 is 1.50 bits per heavy atom. The molecule has 0 aliphatic carbocycles. The van der Waals surface area contributed by atoms with Crippen LogP contribution in [0.25, 0.3) is 0 Å². The van der Waals surface area contributed by atoms with Crippen LogP contribution in [0.5, 0.6) is 0 Å². The molecular formula is C10H17F2NO3. The van der Waals surface area contributed by atoms with E-state index in [0.29, 0.717) is 0 Å². The molecule has 94 valence electrons. The lowest BCUT2D eigenvalue weighted by Crippen LogP contribution is -2.43. The van der Waals surface area contributed by atoms with Crippen LogP contribution in [0, 0.1) is 0 Å². The maximum absolute atomic E-state index is 12.6. The molecule has 1 fully saturated rings. The molecule has 0 aromatic rings. The first-order chi connectivity index (χ1) is 7.20. The Balaban J connectivity index is 2.67. The van der Waals surface area contributed by atoms with E-state index < -0.39 is 30.3 Å². The number of rotatable bonds is 1. The third-order valence-corrected chi connectivity index (χ3v) is 2.24. The van der Waals surface area contributed by atoms with Crippen LogP contribution in [-0.2, 0) is 4.74 Å². The van der Waals surface area contributed by atoms with Crippen molar-refractivity contribution in [2.75, 3.05) is 6.54 Å². The summed E-state index contributed by atoms with van der Waals surface area (Å²) in [5.74, 6) is 0. The van der Waals surface area contributed by atoms with E-state index >= 15 is 0 Å². The first-order valence-corrected chi connectivity index (χ1v) is 5.16. The van der Waals surface area contributed by atoms with Gasteiger partial charge in [-0.2, -0.15) is 0 Å². The average Bonchev–Trinajstić information content (AvgIpc) is 2.44. The van der Waals surface area contributed by atoms with Crippen LogP contribution in [0.15, 0.2) is 0 Å². The molecule has 1 unspecified atom stereocenters. The van der Waals surface area contributed by atoms with Crippen molar-refractivity contribution in [1.82, 2.24) is 4.90 Å². The first-order valence-electron chi connectivity index (χ1n) is 5.16. The minimum absolute atomic E-state index is 0.0933. The molecule has 0 aromatic heterocycles. The van der Waals surface area contributed by atoms with E-state index in [1.54, 1.807) is 20.8 Å². The maximum atomic E-state index is 12.6. The van der Waals surface area contributed by atoms with Crippen molar-refractivity contribution in [2.24, 2.45) is 0 Å². The number of hydrogen-bond donors (Lipinski definition) is 1. The van der Waals surface area contributed by atoms with Gasteiger partial charge in [-0.05, 0) is 20.8 Å². The summed E-state index contributed by atoms with van der Waals surface area (Å²) in [5, 5.41) is 9.28. The Morgan fingerprint density at radius 2 is 2.06 bits per heavy atom. The van der Waals surface area contributed by atoms with Crippen LogP contribution < -0.4 is 0 Å². The normalized spacial score (nSPS) is 26.3. The fraction of sp³-hybridized carbons (Fsp3) is 0.900. The number of aliphatic hydroxyl groups is 1. The summed E-state index contributed by atoms with van der Waals surface area (Å²) in [6.07, 6.45) is -4.46. The SMILES string of the molecule is CC(C)(C)OC(=O)N1CC(O)C[C@H]1C(F)F. The highest BCUT2D eigenvalue weighted by Gasteiger charge is 2.41. The van der Waals surface area contributed by atoms with Gasteiger partial charge < -0.3 is 9.84 Å². The monoisotopic (exact) mass is 237 g/mol. The molecule has 2 atom stereocenters. The predicted molar refractivity (Wildman–Crippen MR) is 53.4 cm³/mol. The van der Waals surface area contributed by atoms with Gasteiger partial charge in [0.05, 0.1) is 18.7 Å². The summed E-state index contributed by atoms with van der Waals surface area (Å²) in [6, 6.07) is -1.25. The molecule has 6 heteroatoms. The molecule has 0 spiro atoms. The zero-order chi connectivity index (χ0) is 12.5. The van der Waals surface area contributed by atoms with Crippen molar-refractivity contribution in [3.63, 3.8) is 0 Å². The highest BCUT2D eigenvalue weighted by Crippen LogP contribution is 2.25. The van der Waals surface area contributed by atoms with Gasteiger partial charge in [-0.15, -0.1) is 0 Å². The van der Waals surface area contributed by atoms with E-state index in [-0.39, 0.29) is 13.0 Å². The summed E-state index contributed by atoms with van der Waals surface area (Å²) >= 11 is 0. The fourth-order valence-corrected chi connectivity index (χ4v) is 1.61.